The van der Waals surface area contributed by atoms with Crippen molar-refractivity contribution in [2.75, 3.05) is 13.1 Å². The van der Waals surface area contributed by atoms with Crippen LogP contribution >= 0.6 is 0 Å². The average molecular weight is 294 g/mol. The second-order valence-corrected chi connectivity index (χ2v) is 6.98. The van der Waals surface area contributed by atoms with Crippen molar-refractivity contribution in [3.8, 4) is 0 Å². The maximum atomic E-state index is 3.39. The van der Waals surface area contributed by atoms with Crippen LogP contribution in [-0.4, -0.2) is 29.0 Å². The first-order valence-corrected chi connectivity index (χ1v) is 8.82. The molecule has 0 spiro atoms. The summed E-state index contributed by atoms with van der Waals surface area (Å²) in [6, 6.07) is 9.34. The van der Waals surface area contributed by atoms with Gasteiger partial charge in [0, 0.05) is 29.7 Å². The molecule has 1 saturated heterocycles. The Morgan fingerprint density at radius 3 is 2.95 bits per heavy atom. The molecular weight excluding hydrogens is 268 g/mol. The summed E-state index contributed by atoms with van der Waals surface area (Å²) in [6.45, 7) is 4.87. The summed E-state index contributed by atoms with van der Waals surface area (Å²) in [5, 5.41) is 1.40. The molecule has 2 bridgehead atoms. The van der Waals surface area contributed by atoms with E-state index >= 15 is 0 Å². The molecular formula is C20H26N2. The Hall–Kier alpha value is -1.54. The van der Waals surface area contributed by atoms with E-state index in [4.69, 9.17) is 0 Å². The number of nitrogens with one attached hydrogen (secondary N) is 1. The number of para-hydroxylation sites is 1. The van der Waals surface area contributed by atoms with E-state index in [1.165, 1.54) is 55.2 Å². The first-order valence-electron chi connectivity index (χ1n) is 8.82. The summed E-state index contributed by atoms with van der Waals surface area (Å²) < 4.78 is 0. The van der Waals surface area contributed by atoms with Crippen molar-refractivity contribution < 1.29 is 0 Å². The number of hydrogen-bond donors (Lipinski definition) is 1. The number of aromatic amines is 1. The maximum Gasteiger partial charge on any atom is 0.0456 e. The molecule has 2 aromatic rings. The van der Waals surface area contributed by atoms with Gasteiger partial charge in [0.1, 0.15) is 0 Å². The number of aromatic nitrogens is 1. The molecule has 0 saturated carbocycles. The van der Waals surface area contributed by atoms with Crippen molar-refractivity contribution in [1.82, 2.24) is 9.88 Å². The molecule has 1 aromatic carbocycles. The van der Waals surface area contributed by atoms with Crippen LogP contribution in [0.25, 0.3) is 10.9 Å². The van der Waals surface area contributed by atoms with Gasteiger partial charge in [0.2, 0.25) is 0 Å². The number of piperidine rings is 1. The molecule has 3 heterocycles. The van der Waals surface area contributed by atoms with Gasteiger partial charge in [-0.3, -0.25) is 4.90 Å². The third kappa shape index (κ3) is 2.50. The van der Waals surface area contributed by atoms with Gasteiger partial charge in [0.25, 0.3) is 0 Å². The van der Waals surface area contributed by atoms with Gasteiger partial charge in [0.05, 0.1) is 0 Å². The zero-order valence-corrected chi connectivity index (χ0v) is 13.5. The lowest BCUT2D eigenvalue weighted by molar-refractivity contribution is 0.0873. The zero-order valence-electron chi connectivity index (χ0n) is 13.5. The number of aryl methyl sites for hydroxylation is 1. The summed E-state index contributed by atoms with van der Waals surface area (Å²) in [6.07, 6.45) is 12.3. The van der Waals surface area contributed by atoms with Crippen LogP contribution in [0.4, 0.5) is 0 Å². The van der Waals surface area contributed by atoms with Gasteiger partial charge < -0.3 is 4.98 Å². The molecule has 116 valence electrons. The Balaban J connectivity index is 1.36. The topological polar surface area (TPSA) is 19.0 Å². The monoisotopic (exact) mass is 294 g/mol. The molecule has 22 heavy (non-hydrogen) atoms. The summed E-state index contributed by atoms with van der Waals surface area (Å²) in [7, 11) is 0. The molecule has 1 aliphatic carbocycles. The standard InChI is InChI=1S/C20H26N2/c1-2-15-12-18-10-9-17(15)14-22(18)11-5-6-16-13-21-20-8-4-3-7-19(16)20/h3-4,7-10,13,15,17-18,21H,2,5-6,11-12,14H2,1H3. The van der Waals surface area contributed by atoms with E-state index < -0.39 is 0 Å². The molecule has 3 unspecified atom stereocenters. The fourth-order valence-electron chi connectivity index (χ4n) is 4.42. The molecule has 1 aromatic heterocycles. The second kappa shape index (κ2) is 5.92. The fraction of sp³-hybridized carbons (Fsp3) is 0.500. The molecule has 0 amide bonds. The first kappa shape index (κ1) is 14.1. The van der Waals surface area contributed by atoms with Gasteiger partial charge in [0.15, 0.2) is 0 Å². The highest BCUT2D eigenvalue weighted by Gasteiger charge is 2.35. The van der Waals surface area contributed by atoms with E-state index in [1.807, 2.05) is 0 Å². The lowest BCUT2D eigenvalue weighted by Crippen LogP contribution is -2.49. The molecule has 1 fully saturated rings. The number of nitrogens with zero attached hydrogens (tertiary/aromatic N) is 1. The molecule has 3 atom stereocenters. The highest BCUT2D eigenvalue weighted by Crippen LogP contribution is 2.36. The van der Waals surface area contributed by atoms with Gasteiger partial charge in [-0.15, -0.1) is 0 Å². The number of hydrogen-bond acceptors (Lipinski definition) is 1. The summed E-state index contributed by atoms with van der Waals surface area (Å²) in [5.74, 6) is 1.74. The molecule has 3 aliphatic rings. The van der Waals surface area contributed by atoms with Gasteiger partial charge in [-0.2, -0.15) is 0 Å². The second-order valence-electron chi connectivity index (χ2n) is 6.98. The quantitative estimate of drug-likeness (QED) is 0.810. The Morgan fingerprint density at radius 2 is 2.14 bits per heavy atom. The third-order valence-corrected chi connectivity index (χ3v) is 5.74. The fourth-order valence-corrected chi connectivity index (χ4v) is 4.42. The number of benzene rings is 1. The average Bonchev–Trinajstić information content (AvgIpc) is 2.99. The minimum Gasteiger partial charge on any atom is -0.361 e. The molecule has 1 N–H and O–H groups in total. The predicted octanol–water partition coefficient (Wildman–Crippen LogP) is 4.39. The van der Waals surface area contributed by atoms with E-state index in [0.29, 0.717) is 6.04 Å². The van der Waals surface area contributed by atoms with E-state index in [2.05, 4.69) is 59.4 Å². The normalized spacial score (nSPS) is 27.8. The van der Waals surface area contributed by atoms with E-state index in [9.17, 15) is 0 Å². The van der Waals surface area contributed by atoms with E-state index in [1.54, 1.807) is 0 Å². The van der Waals surface area contributed by atoms with Crippen molar-refractivity contribution in [3.05, 3.63) is 48.2 Å². The van der Waals surface area contributed by atoms with Crippen LogP contribution in [0.15, 0.2) is 42.6 Å². The van der Waals surface area contributed by atoms with Gasteiger partial charge in [-0.05, 0) is 49.3 Å². The summed E-state index contributed by atoms with van der Waals surface area (Å²) in [5.41, 5.74) is 2.74. The molecule has 0 radical (unpaired) electrons. The molecule has 5 rings (SSSR count). The highest BCUT2D eigenvalue weighted by atomic mass is 15.2. The zero-order chi connectivity index (χ0) is 14.9. The summed E-state index contributed by atoms with van der Waals surface area (Å²) >= 11 is 0. The van der Waals surface area contributed by atoms with E-state index in [-0.39, 0.29) is 0 Å². The molecule has 2 heteroatoms. The Bertz CT molecular complexity index is 669. The Morgan fingerprint density at radius 1 is 1.23 bits per heavy atom. The number of H-pyrrole nitrogens is 1. The highest BCUT2D eigenvalue weighted by molar-refractivity contribution is 5.82. The van der Waals surface area contributed by atoms with Crippen molar-refractivity contribution in [2.45, 2.75) is 38.6 Å². The van der Waals surface area contributed by atoms with Crippen LogP contribution in [0, 0.1) is 11.8 Å². The summed E-state index contributed by atoms with van der Waals surface area (Å²) in [4.78, 5) is 6.11. The largest absolute Gasteiger partial charge is 0.361 e. The van der Waals surface area contributed by atoms with Crippen molar-refractivity contribution >= 4 is 10.9 Å². The minimum absolute atomic E-state index is 0.706. The van der Waals surface area contributed by atoms with Gasteiger partial charge >= 0.3 is 0 Å². The number of rotatable bonds is 5. The number of fused-ring (bicyclic) bond motifs is 3. The van der Waals surface area contributed by atoms with Crippen LogP contribution in [0.2, 0.25) is 0 Å². The lowest BCUT2D eigenvalue weighted by atomic mass is 9.75. The van der Waals surface area contributed by atoms with Crippen LogP contribution in [0.1, 0.15) is 31.7 Å². The van der Waals surface area contributed by atoms with Crippen molar-refractivity contribution in [2.24, 2.45) is 11.8 Å². The van der Waals surface area contributed by atoms with Crippen LogP contribution in [0.5, 0.6) is 0 Å². The lowest BCUT2D eigenvalue weighted by Gasteiger charge is -2.46. The van der Waals surface area contributed by atoms with Crippen LogP contribution in [-0.2, 0) is 6.42 Å². The maximum absolute atomic E-state index is 3.39. The Kier molecular flexibility index (Phi) is 3.79. The van der Waals surface area contributed by atoms with Crippen molar-refractivity contribution in [3.63, 3.8) is 0 Å². The van der Waals surface area contributed by atoms with E-state index in [0.717, 1.165) is 11.8 Å². The third-order valence-electron chi connectivity index (χ3n) is 5.74. The molecule has 2 nitrogen and oxygen atoms in total. The first-order chi connectivity index (χ1) is 10.8. The molecule has 2 aliphatic heterocycles. The van der Waals surface area contributed by atoms with Gasteiger partial charge in [-0.25, -0.2) is 0 Å². The van der Waals surface area contributed by atoms with Crippen LogP contribution in [0.3, 0.4) is 0 Å². The SMILES string of the molecule is CCC1CC2C=CC1CN2CCCc1c[nH]c2ccccc12. The van der Waals surface area contributed by atoms with Gasteiger partial charge in [-0.1, -0.05) is 43.7 Å². The van der Waals surface area contributed by atoms with Crippen molar-refractivity contribution in [1.29, 1.82) is 0 Å². The Labute approximate surface area is 133 Å². The predicted molar refractivity (Wildman–Crippen MR) is 93.0 cm³/mol. The van der Waals surface area contributed by atoms with Crippen LogP contribution < -0.4 is 0 Å². The minimum atomic E-state index is 0.706. The smallest absolute Gasteiger partial charge is 0.0456 e.